The van der Waals surface area contributed by atoms with Crippen molar-refractivity contribution in [1.82, 2.24) is 0 Å². The molecule has 0 N–H and O–H groups in total. The molecule has 3 aromatic rings. The van der Waals surface area contributed by atoms with E-state index < -0.39 is 0 Å². The van der Waals surface area contributed by atoms with E-state index in [9.17, 15) is 0 Å². The van der Waals surface area contributed by atoms with E-state index >= 15 is 0 Å². The molecule has 0 aliphatic heterocycles. The molecule has 0 unspecified atom stereocenters. The fraction of sp³-hybridized carbons (Fsp3) is 0.222. The Kier molecular flexibility index (Phi) is 3.16. The number of fused-ring (bicyclic) bond motifs is 1. The third kappa shape index (κ3) is 2.43. The molecule has 0 nitrogen and oxygen atoms in total. The number of thiophene rings is 1. The quantitative estimate of drug-likeness (QED) is 0.533. The Balaban J connectivity index is 2.08. The number of benzene rings is 2. The molecule has 1 aromatic heterocycles. The van der Waals surface area contributed by atoms with Crippen LogP contribution in [0.1, 0.15) is 30.2 Å². The van der Waals surface area contributed by atoms with Crippen molar-refractivity contribution in [1.29, 1.82) is 0 Å². The molecule has 96 valence electrons. The molecule has 0 aliphatic carbocycles. The molecule has 0 spiro atoms. The Morgan fingerprint density at radius 3 is 2.37 bits per heavy atom. The minimum absolute atomic E-state index is 0.612. The van der Waals surface area contributed by atoms with Crippen molar-refractivity contribution in [2.45, 2.75) is 26.7 Å². The fourth-order valence-electron chi connectivity index (χ4n) is 2.34. The van der Waals surface area contributed by atoms with E-state index in [1.807, 2.05) is 11.3 Å². The van der Waals surface area contributed by atoms with Gasteiger partial charge in [-0.2, -0.15) is 0 Å². The lowest BCUT2D eigenvalue weighted by atomic mass is 10.0. The maximum absolute atomic E-state index is 2.30. The molecule has 0 bridgehead atoms. The van der Waals surface area contributed by atoms with Gasteiger partial charge in [0.25, 0.3) is 0 Å². The molecule has 0 aliphatic rings. The first-order valence-corrected chi connectivity index (χ1v) is 7.55. The van der Waals surface area contributed by atoms with Crippen LogP contribution >= 0.6 is 11.3 Å². The van der Waals surface area contributed by atoms with Gasteiger partial charge in [-0.15, -0.1) is 11.3 Å². The Morgan fingerprint density at radius 1 is 0.842 bits per heavy atom. The molecule has 0 saturated heterocycles. The normalized spacial score (nSPS) is 11.4. The zero-order valence-corrected chi connectivity index (χ0v) is 12.4. The van der Waals surface area contributed by atoms with Crippen LogP contribution in [0.15, 0.2) is 48.5 Å². The first kappa shape index (κ1) is 12.4. The van der Waals surface area contributed by atoms with Gasteiger partial charge in [0.1, 0.15) is 0 Å². The summed E-state index contributed by atoms with van der Waals surface area (Å²) in [5.74, 6) is 0.612. The van der Waals surface area contributed by atoms with Crippen molar-refractivity contribution in [3.8, 4) is 10.4 Å². The average molecular weight is 266 g/mol. The van der Waals surface area contributed by atoms with Gasteiger partial charge in [0.05, 0.1) is 0 Å². The van der Waals surface area contributed by atoms with Crippen LogP contribution in [0, 0.1) is 6.92 Å². The van der Waals surface area contributed by atoms with Crippen LogP contribution in [0.5, 0.6) is 0 Å². The molecule has 0 saturated carbocycles. The summed E-state index contributed by atoms with van der Waals surface area (Å²) in [6.45, 7) is 6.65. The van der Waals surface area contributed by atoms with E-state index in [0.717, 1.165) is 0 Å². The lowest BCUT2D eigenvalue weighted by Gasteiger charge is -2.03. The number of hydrogen-bond acceptors (Lipinski definition) is 1. The summed E-state index contributed by atoms with van der Waals surface area (Å²) in [5, 5.41) is 2.65. The maximum atomic E-state index is 2.30. The van der Waals surface area contributed by atoms with Crippen LogP contribution in [-0.4, -0.2) is 0 Å². The molecule has 2 aromatic carbocycles. The van der Waals surface area contributed by atoms with E-state index in [1.165, 1.54) is 31.7 Å². The molecular weight excluding hydrogens is 248 g/mol. The summed E-state index contributed by atoms with van der Waals surface area (Å²) in [6, 6.07) is 17.9. The lowest BCUT2D eigenvalue weighted by Crippen LogP contribution is -1.78. The van der Waals surface area contributed by atoms with Crippen molar-refractivity contribution in [3.63, 3.8) is 0 Å². The third-order valence-corrected chi connectivity index (χ3v) is 4.91. The van der Waals surface area contributed by atoms with Gasteiger partial charge in [-0.25, -0.2) is 0 Å². The van der Waals surface area contributed by atoms with Crippen molar-refractivity contribution in [2.75, 3.05) is 0 Å². The Morgan fingerprint density at radius 2 is 1.63 bits per heavy atom. The zero-order chi connectivity index (χ0) is 13.4. The standard InChI is InChI=1S/C18H18S/c1-12(2)17-8-9-18(19-17)15-7-6-14-5-4-13(3)10-16(14)11-15/h4-12H,1-3H3. The van der Waals surface area contributed by atoms with Crippen LogP contribution in [0.3, 0.4) is 0 Å². The zero-order valence-electron chi connectivity index (χ0n) is 11.6. The number of hydrogen-bond donors (Lipinski definition) is 0. The van der Waals surface area contributed by atoms with Crippen LogP contribution in [0.25, 0.3) is 21.2 Å². The van der Waals surface area contributed by atoms with Crippen LogP contribution in [-0.2, 0) is 0 Å². The predicted octanol–water partition coefficient (Wildman–Crippen LogP) is 6.00. The summed E-state index contributed by atoms with van der Waals surface area (Å²) in [7, 11) is 0. The highest BCUT2D eigenvalue weighted by atomic mass is 32.1. The van der Waals surface area contributed by atoms with Crippen LogP contribution in [0.2, 0.25) is 0 Å². The predicted molar refractivity (Wildman–Crippen MR) is 86.1 cm³/mol. The second kappa shape index (κ2) is 4.82. The van der Waals surface area contributed by atoms with Crippen molar-refractivity contribution < 1.29 is 0 Å². The summed E-state index contributed by atoms with van der Waals surface area (Å²) in [4.78, 5) is 2.83. The highest BCUT2D eigenvalue weighted by Crippen LogP contribution is 2.33. The van der Waals surface area contributed by atoms with Gasteiger partial charge < -0.3 is 0 Å². The molecule has 0 atom stereocenters. The van der Waals surface area contributed by atoms with E-state index in [-0.39, 0.29) is 0 Å². The monoisotopic (exact) mass is 266 g/mol. The van der Waals surface area contributed by atoms with Gasteiger partial charge in [0.2, 0.25) is 0 Å². The van der Waals surface area contributed by atoms with Gasteiger partial charge in [0, 0.05) is 9.75 Å². The van der Waals surface area contributed by atoms with E-state index in [1.54, 1.807) is 0 Å². The fourth-order valence-corrected chi connectivity index (χ4v) is 3.34. The summed E-state index contributed by atoms with van der Waals surface area (Å²) >= 11 is 1.91. The van der Waals surface area contributed by atoms with E-state index in [0.29, 0.717) is 5.92 Å². The number of rotatable bonds is 2. The summed E-state index contributed by atoms with van der Waals surface area (Å²) in [5.41, 5.74) is 2.65. The van der Waals surface area contributed by atoms with Crippen molar-refractivity contribution in [2.24, 2.45) is 0 Å². The van der Waals surface area contributed by atoms with Gasteiger partial charge in [-0.1, -0.05) is 49.7 Å². The molecule has 1 heteroatoms. The summed E-state index contributed by atoms with van der Waals surface area (Å²) in [6.07, 6.45) is 0. The summed E-state index contributed by atoms with van der Waals surface area (Å²) < 4.78 is 0. The molecule has 1 heterocycles. The Labute approximate surface area is 118 Å². The minimum atomic E-state index is 0.612. The van der Waals surface area contributed by atoms with Crippen LogP contribution in [0.4, 0.5) is 0 Å². The van der Waals surface area contributed by atoms with Crippen molar-refractivity contribution in [3.05, 3.63) is 59.0 Å². The highest BCUT2D eigenvalue weighted by molar-refractivity contribution is 7.15. The third-order valence-electron chi connectivity index (χ3n) is 3.48. The lowest BCUT2D eigenvalue weighted by molar-refractivity contribution is 0.890. The average Bonchev–Trinajstić information content (AvgIpc) is 2.87. The van der Waals surface area contributed by atoms with Gasteiger partial charge >= 0.3 is 0 Å². The number of aryl methyl sites for hydroxylation is 1. The van der Waals surface area contributed by atoms with E-state index in [2.05, 4.69) is 69.3 Å². The first-order valence-electron chi connectivity index (χ1n) is 6.74. The second-order valence-electron chi connectivity index (χ2n) is 5.42. The van der Waals surface area contributed by atoms with Crippen LogP contribution < -0.4 is 0 Å². The van der Waals surface area contributed by atoms with Crippen molar-refractivity contribution >= 4 is 22.1 Å². The topological polar surface area (TPSA) is 0 Å². The Bertz CT molecular complexity index is 719. The van der Waals surface area contributed by atoms with Gasteiger partial charge in [0.15, 0.2) is 0 Å². The molecule has 19 heavy (non-hydrogen) atoms. The highest BCUT2D eigenvalue weighted by Gasteiger charge is 2.06. The molecular formula is C18H18S. The molecule has 0 amide bonds. The molecule has 3 rings (SSSR count). The smallest absolute Gasteiger partial charge is 0.0345 e. The van der Waals surface area contributed by atoms with E-state index in [4.69, 9.17) is 0 Å². The SMILES string of the molecule is Cc1ccc2ccc(-c3ccc(C(C)C)s3)cc2c1. The largest absolute Gasteiger partial charge is 0.140 e. The van der Waals surface area contributed by atoms with Gasteiger partial charge in [-0.3, -0.25) is 0 Å². The molecule has 0 radical (unpaired) electrons. The second-order valence-corrected chi connectivity index (χ2v) is 6.54. The molecule has 0 fully saturated rings. The Hall–Kier alpha value is -1.60. The maximum Gasteiger partial charge on any atom is 0.0345 e. The minimum Gasteiger partial charge on any atom is -0.140 e. The van der Waals surface area contributed by atoms with Gasteiger partial charge in [-0.05, 0) is 47.4 Å². The first-order chi connectivity index (χ1) is 9.13.